The van der Waals surface area contributed by atoms with E-state index in [1.807, 2.05) is 27.7 Å². The van der Waals surface area contributed by atoms with E-state index in [0.29, 0.717) is 6.42 Å². The molecule has 0 aromatic heterocycles. The summed E-state index contributed by atoms with van der Waals surface area (Å²) in [5, 5.41) is 2.37. The van der Waals surface area contributed by atoms with Gasteiger partial charge in [0.25, 0.3) is 0 Å². The van der Waals surface area contributed by atoms with Gasteiger partial charge in [0.15, 0.2) is 5.96 Å². The highest BCUT2D eigenvalue weighted by Crippen LogP contribution is 2.32. The number of amides is 6. The molecule has 0 radical (unpaired) electrons. The van der Waals surface area contributed by atoms with Gasteiger partial charge in [0.05, 0.1) is 12.5 Å². The Morgan fingerprint density at radius 2 is 1.57 bits per heavy atom. The fourth-order valence-corrected chi connectivity index (χ4v) is 4.61. The van der Waals surface area contributed by atoms with Gasteiger partial charge in [-0.25, -0.2) is 9.59 Å². The molecule has 0 aromatic rings. The average Bonchev–Trinajstić information content (AvgIpc) is 2.83. The molecule has 0 aliphatic carbocycles. The summed E-state index contributed by atoms with van der Waals surface area (Å²) >= 11 is 0. The third-order valence-corrected chi connectivity index (χ3v) is 6.45. The largest absolute Gasteiger partial charge is 0.446 e. The third-order valence-electron chi connectivity index (χ3n) is 6.45. The minimum Gasteiger partial charge on any atom is -0.446 e. The Bertz CT molecular complexity index is 888. The number of carbonyl (C=O) groups is 5. The molecule has 0 saturated carbocycles. The van der Waals surface area contributed by atoms with Crippen molar-refractivity contribution in [2.45, 2.75) is 52.7 Å². The molecule has 208 valence electrons. The van der Waals surface area contributed by atoms with Gasteiger partial charge in [-0.05, 0) is 24.7 Å². The normalized spacial score (nSPS) is 19.6. The Kier molecular flexibility index (Phi) is 10.5. The molecule has 14 heteroatoms. The lowest BCUT2D eigenvalue weighted by Crippen LogP contribution is -2.71. The summed E-state index contributed by atoms with van der Waals surface area (Å²) < 4.78 is 5.68. The van der Waals surface area contributed by atoms with Crippen molar-refractivity contribution in [3.8, 4) is 0 Å². The first kappa shape index (κ1) is 29.6. The quantitative estimate of drug-likeness (QED) is 0.121. The van der Waals surface area contributed by atoms with E-state index in [9.17, 15) is 24.0 Å². The number of rotatable bonds is 10. The van der Waals surface area contributed by atoms with Crippen LogP contribution >= 0.6 is 0 Å². The first-order valence-electron chi connectivity index (χ1n) is 12.5. The smallest absolute Gasteiger partial charge is 0.410 e. The maximum absolute atomic E-state index is 13.2. The summed E-state index contributed by atoms with van der Waals surface area (Å²) in [6, 6.07) is -1.71. The van der Waals surface area contributed by atoms with Crippen LogP contribution in [-0.2, 0) is 19.1 Å². The summed E-state index contributed by atoms with van der Waals surface area (Å²) in [5.74, 6) is -2.41. The van der Waals surface area contributed by atoms with Crippen molar-refractivity contribution in [3.63, 3.8) is 0 Å². The van der Waals surface area contributed by atoms with Crippen LogP contribution in [0.3, 0.4) is 0 Å². The highest BCUT2D eigenvalue weighted by molar-refractivity contribution is 6.09. The molecule has 37 heavy (non-hydrogen) atoms. The van der Waals surface area contributed by atoms with E-state index in [4.69, 9.17) is 21.9 Å². The second-order valence-corrected chi connectivity index (χ2v) is 9.99. The number of nitrogens with zero attached hydrogens (tertiary/aromatic N) is 4. The Morgan fingerprint density at radius 1 is 1.00 bits per heavy atom. The number of carbonyl (C=O) groups excluding carboxylic acids is 5. The van der Waals surface area contributed by atoms with Crippen molar-refractivity contribution in [1.29, 1.82) is 0 Å². The zero-order valence-corrected chi connectivity index (χ0v) is 22.0. The highest BCUT2D eigenvalue weighted by atomic mass is 16.6. The van der Waals surface area contributed by atoms with E-state index in [0.717, 1.165) is 4.90 Å². The molecule has 2 rings (SSSR count). The number of likely N-dealkylation sites (tertiary alicyclic amines) is 1. The van der Waals surface area contributed by atoms with Crippen molar-refractivity contribution in [2.24, 2.45) is 39.9 Å². The van der Waals surface area contributed by atoms with Gasteiger partial charge in [0, 0.05) is 32.7 Å². The summed E-state index contributed by atoms with van der Waals surface area (Å²) in [7, 11) is 0. The first-order chi connectivity index (χ1) is 17.3. The molecule has 2 fully saturated rings. The van der Waals surface area contributed by atoms with Crippen LogP contribution in [0.25, 0.3) is 0 Å². The molecular weight excluding hydrogens is 484 g/mol. The Morgan fingerprint density at radius 3 is 2.08 bits per heavy atom. The SMILES string of the molecule is CC(C)C(OC(=O)N1CCN(C(=O)N2C(=O)[C@H](CCCN=C(N)N)[C@H]2C(=O)NCC(N)=O)CC1)C(C)C. The molecule has 7 N–H and O–H groups in total. The van der Waals surface area contributed by atoms with Crippen molar-refractivity contribution < 1.29 is 28.7 Å². The summed E-state index contributed by atoms with van der Waals surface area (Å²) in [5.41, 5.74) is 15.7. The number of nitrogens with one attached hydrogen (secondary N) is 1. The van der Waals surface area contributed by atoms with Crippen molar-refractivity contribution in [1.82, 2.24) is 20.0 Å². The van der Waals surface area contributed by atoms with Gasteiger partial charge in [0.1, 0.15) is 12.1 Å². The third kappa shape index (κ3) is 7.70. The average molecular weight is 525 g/mol. The Hall–Kier alpha value is -3.58. The van der Waals surface area contributed by atoms with Crippen LogP contribution in [-0.4, -0.2) is 102 Å². The fraction of sp³-hybridized carbons (Fsp3) is 0.739. The summed E-state index contributed by atoms with van der Waals surface area (Å²) in [6.07, 6.45) is 0.0314. The molecule has 14 nitrogen and oxygen atoms in total. The molecule has 2 heterocycles. The van der Waals surface area contributed by atoms with Crippen molar-refractivity contribution >= 4 is 35.8 Å². The number of ether oxygens (including phenoxy) is 1. The van der Waals surface area contributed by atoms with Crippen LogP contribution in [0.15, 0.2) is 4.99 Å². The zero-order valence-electron chi connectivity index (χ0n) is 22.0. The van der Waals surface area contributed by atoms with Gasteiger partial charge in [-0.3, -0.25) is 24.3 Å². The molecule has 0 aromatic carbocycles. The van der Waals surface area contributed by atoms with Crippen LogP contribution in [0, 0.1) is 17.8 Å². The minimum atomic E-state index is -1.08. The molecule has 2 saturated heterocycles. The molecule has 6 amide bonds. The predicted octanol–water partition coefficient (Wildman–Crippen LogP) is -0.977. The number of primary amides is 1. The minimum absolute atomic E-state index is 0.0838. The monoisotopic (exact) mass is 524 g/mol. The van der Waals surface area contributed by atoms with E-state index in [2.05, 4.69) is 10.3 Å². The number of imide groups is 1. The summed E-state index contributed by atoms with van der Waals surface area (Å²) in [6.45, 7) is 8.62. The Labute approximate surface area is 216 Å². The van der Waals surface area contributed by atoms with Gasteiger partial charge in [-0.1, -0.05) is 27.7 Å². The van der Waals surface area contributed by atoms with Gasteiger partial charge >= 0.3 is 12.1 Å². The zero-order chi connectivity index (χ0) is 27.9. The number of hydrogen-bond acceptors (Lipinski definition) is 7. The van der Waals surface area contributed by atoms with E-state index in [1.165, 1.54) is 9.80 Å². The van der Waals surface area contributed by atoms with Crippen LogP contribution in [0.5, 0.6) is 0 Å². The van der Waals surface area contributed by atoms with Gasteiger partial charge < -0.3 is 37.1 Å². The number of β-lactam (4-membered cyclic amide) rings is 1. The van der Waals surface area contributed by atoms with Crippen LogP contribution in [0.1, 0.15) is 40.5 Å². The number of guanidine groups is 1. The number of nitrogens with two attached hydrogens (primary N) is 3. The van der Waals surface area contributed by atoms with Crippen LogP contribution in [0.2, 0.25) is 0 Å². The maximum atomic E-state index is 13.2. The van der Waals surface area contributed by atoms with E-state index in [1.54, 1.807) is 0 Å². The van der Waals surface area contributed by atoms with E-state index in [-0.39, 0.29) is 63.0 Å². The molecule has 2 atom stereocenters. The van der Waals surface area contributed by atoms with Crippen molar-refractivity contribution in [2.75, 3.05) is 39.3 Å². The van der Waals surface area contributed by atoms with E-state index >= 15 is 0 Å². The number of hydrogen-bond donors (Lipinski definition) is 4. The standard InChI is InChI=1S/C23H40N8O6/c1-13(2)18(14(3)4)37-23(36)30-10-8-29(9-11-30)22(35)31-17(19(33)28-12-16(24)32)15(20(31)34)6-5-7-27-21(25)26/h13-15,17-18H,5-12H2,1-4H3,(H2,24,32)(H,28,33)(H4,25,26,27)/t15-,17+/m1/s1. The van der Waals surface area contributed by atoms with E-state index < -0.39 is 48.4 Å². The fourth-order valence-electron chi connectivity index (χ4n) is 4.61. The van der Waals surface area contributed by atoms with Gasteiger partial charge in [-0.2, -0.15) is 0 Å². The Balaban J connectivity index is 2.02. The predicted molar refractivity (Wildman–Crippen MR) is 135 cm³/mol. The molecule has 0 spiro atoms. The lowest BCUT2D eigenvalue weighted by molar-refractivity contribution is -0.159. The molecule has 0 bridgehead atoms. The molecule has 2 aliphatic heterocycles. The van der Waals surface area contributed by atoms with Crippen LogP contribution in [0.4, 0.5) is 9.59 Å². The van der Waals surface area contributed by atoms with Gasteiger partial charge in [-0.15, -0.1) is 0 Å². The summed E-state index contributed by atoms with van der Waals surface area (Å²) in [4.78, 5) is 70.3. The molecule has 0 unspecified atom stereocenters. The van der Waals surface area contributed by atoms with Crippen molar-refractivity contribution in [3.05, 3.63) is 0 Å². The molecular formula is C23H40N8O6. The number of aliphatic imine (C=N–C) groups is 1. The molecule has 2 aliphatic rings. The second kappa shape index (κ2) is 13.1. The van der Waals surface area contributed by atoms with Crippen LogP contribution < -0.4 is 22.5 Å². The number of piperazine rings is 1. The lowest BCUT2D eigenvalue weighted by atomic mass is 9.83. The highest BCUT2D eigenvalue weighted by Gasteiger charge is 2.55. The topological polar surface area (TPSA) is 207 Å². The lowest BCUT2D eigenvalue weighted by Gasteiger charge is -2.47. The first-order valence-corrected chi connectivity index (χ1v) is 12.5. The maximum Gasteiger partial charge on any atom is 0.410 e. The second-order valence-electron chi connectivity index (χ2n) is 9.99. The van der Waals surface area contributed by atoms with Gasteiger partial charge in [0.2, 0.25) is 17.7 Å². The number of urea groups is 1.